The van der Waals surface area contributed by atoms with Gasteiger partial charge < -0.3 is 5.32 Å². The molecule has 0 bridgehead atoms. The predicted octanol–water partition coefficient (Wildman–Crippen LogP) is 2.89. The molecule has 1 aromatic heterocycles. The molecule has 1 heterocycles. The van der Waals surface area contributed by atoms with E-state index in [1.54, 1.807) is 7.05 Å². The lowest BCUT2D eigenvalue weighted by atomic mass is 10.0. The van der Waals surface area contributed by atoms with Crippen LogP contribution >= 0.6 is 0 Å². The van der Waals surface area contributed by atoms with Crippen molar-refractivity contribution in [2.75, 3.05) is 0 Å². The first-order valence-corrected chi connectivity index (χ1v) is 7.48. The maximum atomic E-state index is 13.0. The van der Waals surface area contributed by atoms with Crippen LogP contribution in [0, 0.1) is 5.92 Å². The second-order valence-corrected chi connectivity index (χ2v) is 5.86. The van der Waals surface area contributed by atoms with Crippen molar-refractivity contribution in [3.05, 3.63) is 47.5 Å². The smallest absolute Gasteiger partial charge is 0.346 e. The van der Waals surface area contributed by atoms with Crippen LogP contribution in [-0.2, 0) is 24.4 Å². The average Bonchev–Trinajstić information content (AvgIpc) is 2.90. The van der Waals surface area contributed by atoms with E-state index in [9.17, 15) is 18.0 Å². The summed E-state index contributed by atoms with van der Waals surface area (Å²) >= 11 is 0. The van der Waals surface area contributed by atoms with Gasteiger partial charge in [-0.25, -0.2) is 4.98 Å². The molecule has 0 saturated carbocycles. The van der Waals surface area contributed by atoms with E-state index in [1.165, 1.54) is 29.2 Å². The zero-order valence-electron chi connectivity index (χ0n) is 13.6. The van der Waals surface area contributed by atoms with Crippen LogP contribution in [0.25, 0.3) is 0 Å². The van der Waals surface area contributed by atoms with Crippen LogP contribution in [-0.4, -0.2) is 20.7 Å². The van der Waals surface area contributed by atoms with Gasteiger partial charge in [0.05, 0.1) is 18.0 Å². The van der Waals surface area contributed by atoms with E-state index in [0.29, 0.717) is 5.82 Å². The Kier molecular flexibility index (Phi) is 5.26. The predicted molar refractivity (Wildman–Crippen MR) is 81.9 cm³/mol. The molecule has 1 aromatic carbocycles. The van der Waals surface area contributed by atoms with Crippen LogP contribution in [0.5, 0.6) is 0 Å². The number of nitrogens with zero attached hydrogens (tertiary/aromatic N) is 3. The highest BCUT2D eigenvalue weighted by atomic mass is 19.4. The number of benzene rings is 1. The Hall–Kier alpha value is -2.38. The van der Waals surface area contributed by atoms with E-state index in [-0.39, 0.29) is 17.9 Å². The minimum atomic E-state index is -4.49. The molecule has 1 amide bonds. The number of aryl methyl sites for hydroxylation is 1. The van der Waals surface area contributed by atoms with Crippen LogP contribution in [0.4, 0.5) is 13.2 Å². The monoisotopic (exact) mass is 340 g/mol. The highest BCUT2D eigenvalue weighted by molar-refractivity contribution is 5.79. The summed E-state index contributed by atoms with van der Waals surface area (Å²) in [5.41, 5.74) is -0.845. The summed E-state index contributed by atoms with van der Waals surface area (Å²) in [6, 6.07) is 4.66. The summed E-state index contributed by atoms with van der Waals surface area (Å²) in [5.74, 6) is 0.0746. The number of nitrogens with one attached hydrogen (secondary N) is 1. The Bertz CT molecular complexity index is 709. The van der Waals surface area contributed by atoms with E-state index in [1.807, 2.05) is 13.8 Å². The normalized spacial score (nSPS) is 13.1. The summed E-state index contributed by atoms with van der Waals surface area (Å²) in [7, 11) is 1.70. The minimum Gasteiger partial charge on any atom is -0.346 e. The van der Waals surface area contributed by atoms with Gasteiger partial charge in [-0.3, -0.25) is 9.48 Å². The lowest BCUT2D eigenvalue weighted by Crippen LogP contribution is -2.35. The van der Waals surface area contributed by atoms with Crippen molar-refractivity contribution < 1.29 is 18.0 Å². The lowest BCUT2D eigenvalue weighted by molar-refractivity contribution is -0.138. The third-order valence-corrected chi connectivity index (χ3v) is 3.68. The lowest BCUT2D eigenvalue weighted by Gasteiger charge is -2.22. The molecule has 0 fully saturated rings. The maximum Gasteiger partial charge on any atom is 0.416 e. The summed E-state index contributed by atoms with van der Waals surface area (Å²) in [6.07, 6.45) is -3.47. The van der Waals surface area contributed by atoms with E-state index < -0.39 is 23.7 Å². The van der Waals surface area contributed by atoms with Gasteiger partial charge in [-0.2, -0.15) is 18.3 Å². The van der Waals surface area contributed by atoms with Crippen molar-refractivity contribution in [2.45, 2.75) is 32.5 Å². The molecule has 0 aliphatic rings. The van der Waals surface area contributed by atoms with Gasteiger partial charge in [-0.1, -0.05) is 32.0 Å². The van der Waals surface area contributed by atoms with Gasteiger partial charge in [0.15, 0.2) is 0 Å². The number of alkyl halides is 3. The molecule has 1 atom stereocenters. The van der Waals surface area contributed by atoms with Crippen LogP contribution in [0.15, 0.2) is 30.6 Å². The Morgan fingerprint density at radius 3 is 2.50 bits per heavy atom. The first kappa shape index (κ1) is 18.0. The number of amides is 1. The Morgan fingerprint density at radius 1 is 1.29 bits per heavy atom. The van der Waals surface area contributed by atoms with Gasteiger partial charge in [0.2, 0.25) is 5.91 Å². The first-order valence-electron chi connectivity index (χ1n) is 7.48. The molecule has 1 unspecified atom stereocenters. The summed E-state index contributed by atoms with van der Waals surface area (Å²) < 4.78 is 40.6. The van der Waals surface area contributed by atoms with Gasteiger partial charge in [0, 0.05) is 7.05 Å². The molecular formula is C16H19F3N4O. The molecule has 2 rings (SSSR count). The molecule has 1 N–H and O–H groups in total. The number of hydrogen-bond donors (Lipinski definition) is 1. The van der Waals surface area contributed by atoms with Crippen molar-refractivity contribution in [2.24, 2.45) is 13.0 Å². The molecule has 0 aliphatic heterocycles. The molecule has 130 valence electrons. The molecule has 8 heteroatoms. The zero-order chi connectivity index (χ0) is 17.9. The third-order valence-electron chi connectivity index (χ3n) is 3.68. The van der Waals surface area contributed by atoms with Crippen molar-refractivity contribution in [3.8, 4) is 0 Å². The van der Waals surface area contributed by atoms with Gasteiger partial charge in [-0.05, 0) is 17.5 Å². The molecule has 2 aromatic rings. The molecular weight excluding hydrogens is 321 g/mol. The summed E-state index contributed by atoms with van der Waals surface area (Å²) in [5, 5.41) is 6.72. The number of hydrogen-bond acceptors (Lipinski definition) is 3. The zero-order valence-corrected chi connectivity index (χ0v) is 13.6. The van der Waals surface area contributed by atoms with Crippen LogP contribution in [0.1, 0.15) is 36.8 Å². The second-order valence-electron chi connectivity index (χ2n) is 5.86. The SMILES string of the molecule is CC(C)C(NC(=O)Cc1ccccc1C(F)(F)F)c1ncnn1C. The standard InChI is InChI=1S/C16H19F3N4O/c1-10(2)14(15-20-9-21-23(15)3)22-13(24)8-11-6-4-5-7-12(11)16(17,18)19/h4-7,9-10,14H,8H2,1-3H3,(H,22,24). The number of carbonyl (C=O) groups is 1. The fourth-order valence-electron chi connectivity index (χ4n) is 2.46. The number of halogens is 3. The van der Waals surface area contributed by atoms with E-state index in [0.717, 1.165) is 6.07 Å². The topological polar surface area (TPSA) is 59.8 Å². The third kappa shape index (κ3) is 4.12. The first-order chi connectivity index (χ1) is 11.2. The molecule has 24 heavy (non-hydrogen) atoms. The van der Waals surface area contributed by atoms with E-state index in [4.69, 9.17) is 0 Å². The van der Waals surface area contributed by atoms with Gasteiger partial charge >= 0.3 is 6.18 Å². The fourth-order valence-corrected chi connectivity index (χ4v) is 2.46. The van der Waals surface area contributed by atoms with Gasteiger partial charge in [0.1, 0.15) is 12.2 Å². The number of aromatic nitrogens is 3. The highest BCUT2D eigenvalue weighted by Crippen LogP contribution is 2.32. The molecule has 5 nitrogen and oxygen atoms in total. The Balaban J connectivity index is 2.17. The maximum absolute atomic E-state index is 13.0. The van der Waals surface area contributed by atoms with Crippen molar-refractivity contribution in [1.29, 1.82) is 0 Å². The Labute approximate surface area is 137 Å². The average molecular weight is 340 g/mol. The molecule has 0 aliphatic carbocycles. The van der Waals surface area contributed by atoms with Crippen LogP contribution in [0.2, 0.25) is 0 Å². The highest BCUT2D eigenvalue weighted by Gasteiger charge is 2.33. The van der Waals surface area contributed by atoms with Crippen LogP contribution in [0.3, 0.4) is 0 Å². The largest absolute Gasteiger partial charge is 0.416 e. The van der Waals surface area contributed by atoms with E-state index in [2.05, 4.69) is 15.4 Å². The van der Waals surface area contributed by atoms with Gasteiger partial charge in [0.25, 0.3) is 0 Å². The number of carbonyl (C=O) groups excluding carboxylic acids is 1. The van der Waals surface area contributed by atoms with Crippen molar-refractivity contribution in [3.63, 3.8) is 0 Å². The minimum absolute atomic E-state index is 0.00899. The fraction of sp³-hybridized carbons (Fsp3) is 0.438. The van der Waals surface area contributed by atoms with E-state index >= 15 is 0 Å². The molecule has 0 radical (unpaired) electrons. The quantitative estimate of drug-likeness (QED) is 0.910. The van der Waals surface area contributed by atoms with Crippen molar-refractivity contribution >= 4 is 5.91 Å². The molecule has 0 saturated heterocycles. The number of rotatable bonds is 5. The molecule has 0 spiro atoms. The van der Waals surface area contributed by atoms with Crippen LogP contribution < -0.4 is 5.32 Å². The Morgan fingerprint density at radius 2 is 1.96 bits per heavy atom. The summed E-state index contributed by atoms with van der Waals surface area (Å²) in [4.78, 5) is 16.4. The summed E-state index contributed by atoms with van der Waals surface area (Å²) in [6.45, 7) is 3.78. The second kappa shape index (κ2) is 7.02. The van der Waals surface area contributed by atoms with Crippen molar-refractivity contribution in [1.82, 2.24) is 20.1 Å². The van der Waals surface area contributed by atoms with Gasteiger partial charge in [-0.15, -0.1) is 0 Å².